The number of carbonyl (C=O) groups is 1. The second-order valence-electron chi connectivity index (χ2n) is 5.57. The van der Waals surface area contributed by atoms with E-state index in [0.717, 1.165) is 27.7 Å². The van der Waals surface area contributed by atoms with Gasteiger partial charge in [-0.1, -0.05) is 29.3 Å². The average Bonchev–Trinajstić information content (AvgIpc) is 3.04. The molecular weight excluding hydrogens is 356 g/mol. The van der Waals surface area contributed by atoms with E-state index in [4.69, 9.17) is 16.3 Å². The molecule has 128 valence electrons. The van der Waals surface area contributed by atoms with Gasteiger partial charge in [0.05, 0.1) is 12.1 Å². The third-order valence-corrected chi connectivity index (χ3v) is 4.58. The second kappa shape index (κ2) is 8.14. The Kier molecular flexibility index (Phi) is 5.68. The zero-order valence-corrected chi connectivity index (χ0v) is 15.2. The summed E-state index contributed by atoms with van der Waals surface area (Å²) in [7, 11) is 0. The van der Waals surface area contributed by atoms with Crippen molar-refractivity contribution in [3.05, 3.63) is 75.2 Å². The van der Waals surface area contributed by atoms with Crippen molar-refractivity contribution < 1.29 is 9.53 Å². The molecule has 25 heavy (non-hydrogen) atoms. The standard InChI is InChI=1S/C19H17ClN2O2S/c1-13-2-6-15(7-3-13)21-18(23)10-16-12-25-19(22-16)11-24-17-8-4-14(20)5-9-17/h2-9,12H,10-11H2,1H3,(H,21,23). The molecule has 1 amide bonds. The smallest absolute Gasteiger partial charge is 0.230 e. The van der Waals surface area contributed by atoms with Crippen molar-refractivity contribution in [1.82, 2.24) is 4.98 Å². The average molecular weight is 373 g/mol. The predicted molar refractivity (Wildman–Crippen MR) is 101 cm³/mol. The Hall–Kier alpha value is -2.37. The van der Waals surface area contributed by atoms with Gasteiger partial charge in [-0.15, -0.1) is 11.3 Å². The van der Waals surface area contributed by atoms with E-state index in [-0.39, 0.29) is 12.3 Å². The number of hydrogen-bond acceptors (Lipinski definition) is 4. The summed E-state index contributed by atoms with van der Waals surface area (Å²) in [6.07, 6.45) is 0.241. The zero-order chi connectivity index (χ0) is 17.6. The molecule has 4 nitrogen and oxygen atoms in total. The Bertz CT molecular complexity index is 845. The molecule has 1 aromatic heterocycles. The summed E-state index contributed by atoms with van der Waals surface area (Å²) in [6.45, 7) is 2.38. The van der Waals surface area contributed by atoms with Gasteiger partial charge < -0.3 is 10.1 Å². The van der Waals surface area contributed by atoms with Crippen LogP contribution >= 0.6 is 22.9 Å². The summed E-state index contributed by atoms with van der Waals surface area (Å²) in [5.74, 6) is 0.651. The fourth-order valence-corrected chi connectivity index (χ4v) is 3.01. The number of hydrogen-bond donors (Lipinski definition) is 1. The molecule has 6 heteroatoms. The number of ether oxygens (including phenoxy) is 1. The Labute approximate surface area is 155 Å². The van der Waals surface area contributed by atoms with Crippen LogP contribution in [0.5, 0.6) is 5.75 Å². The minimum Gasteiger partial charge on any atom is -0.486 e. The number of aryl methyl sites for hydroxylation is 1. The van der Waals surface area contributed by atoms with Gasteiger partial charge in [0.1, 0.15) is 17.4 Å². The predicted octanol–water partition coefficient (Wildman–Crippen LogP) is 4.87. The molecule has 0 unspecified atom stereocenters. The largest absolute Gasteiger partial charge is 0.486 e. The van der Waals surface area contributed by atoms with Crippen molar-refractivity contribution in [3.63, 3.8) is 0 Å². The summed E-state index contributed by atoms with van der Waals surface area (Å²) in [5.41, 5.74) is 2.68. The van der Waals surface area contributed by atoms with Crippen LogP contribution in [0.2, 0.25) is 5.02 Å². The molecule has 1 N–H and O–H groups in total. The van der Waals surface area contributed by atoms with Gasteiger partial charge in [0, 0.05) is 16.1 Å². The van der Waals surface area contributed by atoms with Crippen LogP contribution in [0.15, 0.2) is 53.9 Å². The number of carbonyl (C=O) groups excluding carboxylic acids is 1. The van der Waals surface area contributed by atoms with Gasteiger partial charge >= 0.3 is 0 Å². The molecule has 0 radical (unpaired) electrons. The van der Waals surface area contributed by atoms with Crippen LogP contribution in [0.4, 0.5) is 5.69 Å². The van der Waals surface area contributed by atoms with Gasteiger partial charge in [-0.25, -0.2) is 4.98 Å². The van der Waals surface area contributed by atoms with Crippen LogP contribution in [-0.4, -0.2) is 10.9 Å². The number of halogens is 1. The maximum atomic E-state index is 12.1. The van der Waals surface area contributed by atoms with E-state index in [2.05, 4.69) is 10.3 Å². The first-order valence-corrected chi connectivity index (χ1v) is 9.02. The quantitative estimate of drug-likeness (QED) is 0.671. The lowest BCUT2D eigenvalue weighted by Gasteiger charge is -2.04. The van der Waals surface area contributed by atoms with Gasteiger partial charge in [0.15, 0.2) is 0 Å². The summed E-state index contributed by atoms with van der Waals surface area (Å²) in [4.78, 5) is 16.5. The maximum absolute atomic E-state index is 12.1. The van der Waals surface area contributed by atoms with Crippen molar-refractivity contribution in [2.45, 2.75) is 20.0 Å². The molecule has 0 aliphatic carbocycles. The number of nitrogens with one attached hydrogen (secondary N) is 1. The number of aromatic nitrogens is 1. The minimum atomic E-state index is -0.0840. The van der Waals surface area contributed by atoms with E-state index >= 15 is 0 Å². The molecule has 0 spiro atoms. The lowest BCUT2D eigenvalue weighted by molar-refractivity contribution is -0.115. The van der Waals surface area contributed by atoms with E-state index in [1.165, 1.54) is 11.3 Å². The Morgan fingerprint density at radius 3 is 2.60 bits per heavy atom. The van der Waals surface area contributed by atoms with Crippen LogP contribution in [0.1, 0.15) is 16.3 Å². The first kappa shape index (κ1) is 17.5. The zero-order valence-electron chi connectivity index (χ0n) is 13.7. The van der Waals surface area contributed by atoms with Crippen molar-refractivity contribution >= 4 is 34.5 Å². The number of anilines is 1. The molecule has 0 fully saturated rings. The van der Waals surface area contributed by atoms with E-state index in [9.17, 15) is 4.79 Å². The highest BCUT2D eigenvalue weighted by Gasteiger charge is 2.09. The topological polar surface area (TPSA) is 51.2 Å². The molecule has 0 aliphatic heterocycles. The number of nitrogens with zero attached hydrogens (tertiary/aromatic N) is 1. The number of benzene rings is 2. The monoisotopic (exact) mass is 372 g/mol. The first-order chi connectivity index (χ1) is 12.1. The summed E-state index contributed by atoms with van der Waals surface area (Å²) >= 11 is 7.32. The van der Waals surface area contributed by atoms with Crippen LogP contribution in [0, 0.1) is 6.92 Å². The highest BCUT2D eigenvalue weighted by molar-refractivity contribution is 7.09. The van der Waals surface area contributed by atoms with Gasteiger partial charge in [0.25, 0.3) is 0 Å². The van der Waals surface area contributed by atoms with Crippen molar-refractivity contribution in [1.29, 1.82) is 0 Å². The molecule has 0 atom stereocenters. The molecule has 3 aromatic rings. The molecule has 0 aliphatic rings. The number of thiazole rings is 1. The fourth-order valence-electron chi connectivity index (χ4n) is 2.18. The van der Waals surface area contributed by atoms with E-state index in [1.54, 1.807) is 12.1 Å². The third kappa shape index (κ3) is 5.31. The Balaban J connectivity index is 1.51. The molecule has 2 aromatic carbocycles. The molecule has 0 bridgehead atoms. The molecule has 3 rings (SSSR count). The Morgan fingerprint density at radius 1 is 1.16 bits per heavy atom. The van der Waals surface area contributed by atoms with E-state index in [0.29, 0.717) is 11.6 Å². The van der Waals surface area contributed by atoms with E-state index < -0.39 is 0 Å². The van der Waals surface area contributed by atoms with Crippen LogP contribution in [0.3, 0.4) is 0 Å². The minimum absolute atomic E-state index is 0.0840. The Morgan fingerprint density at radius 2 is 1.88 bits per heavy atom. The first-order valence-electron chi connectivity index (χ1n) is 7.77. The van der Waals surface area contributed by atoms with Crippen LogP contribution in [-0.2, 0) is 17.8 Å². The molecule has 1 heterocycles. The molecule has 0 saturated heterocycles. The van der Waals surface area contributed by atoms with Crippen molar-refractivity contribution in [3.8, 4) is 5.75 Å². The van der Waals surface area contributed by atoms with Crippen LogP contribution in [0.25, 0.3) is 0 Å². The lowest BCUT2D eigenvalue weighted by Crippen LogP contribution is -2.14. The summed E-state index contributed by atoms with van der Waals surface area (Å²) in [6, 6.07) is 14.9. The highest BCUT2D eigenvalue weighted by atomic mass is 35.5. The SMILES string of the molecule is Cc1ccc(NC(=O)Cc2csc(COc3ccc(Cl)cc3)n2)cc1. The molecular formula is C19H17ClN2O2S. The number of rotatable bonds is 6. The lowest BCUT2D eigenvalue weighted by atomic mass is 10.2. The summed E-state index contributed by atoms with van der Waals surface area (Å²) in [5, 5.41) is 6.25. The second-order valence-corrected chi connectivity index (χ2v) is 6.95. The van der Waals surface area contributed by atoms with Crippen molar-refractivity contribution in [2.24, 2.45) is 0 Å². The van der Waals surface area contributed by atoms with Crippen LogP contribution < -0.4 is 10.1 Å². The van der Waals surface area contributed by atoms with Gasteiger partial charge in [0.2, 0.25) is 5.91 Å². The van der Waals surface area contributed by atoms with Crippen molar-refractivity contribution in [2.75, 3.05) is 5.32 Å². The van der Waals surface area contributed by atoms with Gasteiger partial charge in [-0.3, -0.25) is 4.79 Å². The molecule has 0 saturated carbocycles. The number of amides is 1. The maximum Gasteiger partial charge on any atom is 0.230 e. The van der Waals surface area contributed by atoms with Gasteiger partial charge in [-0.2, -0.15) is 0 Å². The normalized spacial score (nSPS) is 10.5. The fraction of sp³-hybridized carbons (Fsp3) is 0.158. The summed E-state index contributed by atoms with van der Waals surface area (Å²) < 4.78 is 5.66. The van der Waals surface area contributed by atoms with Gasteiger partial charge in [-0.05, 0) is 43.3 Å². The van der Waals surface area contributed by atoms with E-state index in [1.807, 2.05) is 48.7 Å². The highest BCUT2D eigenvalue weighted by Crippen LogP contribution is 2.18. The third-order valence-electron chi connectivity index (χ3n) is 3.45.